The number of carbonyl (C=O) groups is 1. The van der Waals surface area contributed by atoms with Gasteiger partial charge in [0.15, 0.2) is 16.6 Å². The van der Waals surface area contributed by atoms with Crippen LogP contribution in [0.5, 0.6) is 11.5 Å². The lowest BCUT2D eigenvalue weighted by Crippen LogP contribution is -2.34. The number of thiocarbonyl (C=S) groups is 1. The van der Waals surface area contributed by atoms with Gasteiger partial charge < -0.3 is 19.7 Å². The van der Waals surface area contributed by atoms with Gasteiger partial charge in [-0.05, 0) is 73.9 Å². The largest absolute Gasteiger partial charge is 0.454 e. The summed E-state index contributed by atoms with van der Waals surface area (Å²) >= 11 is 5.26. The molecule has 2 aromatic carbocycles. The third-order valence-corrected chi connectivity index (χ3v) is 4.91. The number of nitrogens with zero attached hydrogens (tertiary/aromatic N) is 1. The molecule has 27 heavy (non-hydrogen) atoms. The van der Waals surface area contributed by atoms with Gasteiger partial charge in [0.1, 0.15) is 0 Å². The lowest BCUT2D eigenvalue weighted by molar-refractivity contribution is 0.0977. The van der Waals surface area contributed by atoms with Gasteiger partial charge in [0.05, 0.1) is 0 Å². The van der Waals surface area contributed by atoms with E-state index in [0.717, 1.165) is 18.8 Å². The van der Waals surface area contributed by atoms with Crippen LogP contribution in [-0.2, 0) is 0 Å². The van der Waals surface area contributed by atoms with E-state index in [1.54, 1.807) is 18.2 Å². The predicted octanol–water partition coefficient (Wildman–Crippen LogP) is 3.53. The van der Waals surface area contributed by atoms with Gasteiger partial charge in [-0.15, -0.1) is 0 Å². The van der Waals surface area contributed by atoms with Crippen LogP contribution in [0.1, 0.15) is 29.6 Å². The quantitative estimate of drug-likeness (QED) is 0.791. The van der Waals surface area contributed by atoms with Crippen molar-refractivity contribution in [1.29, 1.82) is 0 Å². The van der Waals surface area contributed by atoms with E-state index in [2.05, 4.69) is 27.7 Å². The average molecular weight is 383 g/mol. The molecule has 2 aromatic rings. The maximum atomic E-state index is 12.4. The lowest BCUT2D eigenvalue weighted by atomic mass is 10.1. The molecule has 1 amide bonds. The second-order valence-corrected chi connectivity index (χ2v) is 6.98. The predicted molar refractivity (Wildman–Crippen MR) is 109 cm³/mol. The maximum absolute atomic E-state index is 12.4. The number of fused-ring (bicyclic) bond motifs is 1. The van der Waals surface area contributed by atoms with Crippen LogP contribution in [0.4, 0.5) is 11.4 Å². The minimum Gasteiger partial charge on any atom is -0.454 e. The molecule has 0 aromatic heterocycles. The first-order valence-electron chi connectivity index (χ1n) is 9.06. The molecule has 0 bridgehead atoms. The molecule has 7 heteroatoms. The molecule has 1 fully saturated rings. The summed E-state index contributed by atoms with van der Waals surface area (Å²) in [7, 11) is 0. The number of anilines is 2. The van der Waals surface area contributed by atoms with Gasteiger partial charge in [0.25, 0.3) is 5.91 Å². The second kappa shape index (κ2) is 7.84. The Balaban J connectivity index is 1.34. The molecule has 0 atom stereocenters. The van der Waals surface area contributed by atoms with E-state index in [9.17, 15) is 4.79 Å². The van der Waals surface area contributed by atoms with Crippen molar-refractivity contribution >= 4 is 34.6 Å². The SMILES string of the molecule is O=C(NC(=S)Nc1ccc(N2CCCCC2)cc1)c1ccc2c(c1)OCO2. The summed E-state index contributed by atoms with van der Waals surface area (Å²) in [5, 5.41) is 5.99. The lowest BCUT2D eigenvalue weighted by Gasteiger charge is -2.28. The number of piperidine rings is 1. The highest BCUT2D eigenvalue weighted by Gasteiger charge is 2.17. The molecule has 6 nitrogen and oxygen atoms in total. The van der Waals surface area contributed by atoms with Gasteiger partial charge in [-0.25, -0.2) is 0 Å². The maximum Gasteiger partial charge on any atom is 0.257 e. The third kappa shape index (κ3) is 4.14. The Bertz CT molecular complexity index is 848. The van der Waals surface area contributed by atoms with Crippen molar-refractivity contribution in [3.8, 4) is 11.5 Å². The number of nitrogens with one attached hydrogen (secondary N) is 2. The Morgan fingerprint density at radius 3 is 2.48 bits per heavy atom. The van der Waals surface area contributed by atoms with Crippen LogP contribution in [-0.4, -0.2) is 30.9 Å². The van der Waals surface area contributed by atoms with Crippen molar-refractivity contribution in [2.45, 2.75) is 19.3 Å². The number of carbonyl (C=O) groups excluding carboxylic acids is 1. The third-order valence-electron chi connectivity index (χ3n) is 4.71. The van der Waals surface area contributed by atoms with Gasteiger partial charge >= 0.3 is 0 Å². The number of ether oxygens (including phenoxy) is 2. The van der Waals surface area contributed by atoms with Crippen LogP contribution in [0.3, 0.4) is 0 Å². The molecule has 1 saturated heterocycles. The van der Waals surface area contributed by atoms with Crippen LogP contribution in [0.2, 0.25) is 0 Å². The monoisotopic (exact) mass is 383 g/mol. The molecule has 2 heterocycles. The highest BCUT2D eigenvalue weighted by molar-refractivity contribution is 7.80. The smallest absolute Gasteiger partial charge is 0.257 e. The van der Waals surface area contributed by atoms with E-state index in [4.69, 9.17) is 21.7 Å². The van der Waals surface area contributed by atoms with E-state index in [0.29, 0.717) is 17.1 Å². The number of amides is 1. The first-order valence-corrected chi connectivity index (χ1v) is 9.47. The van der Waals surface area contributed by atoms with Crippen LogP contribution < -0.4 is 25.0 Å². The number of hydrogen-bond acceptors (Lipinski definition) is 5. The van der Waals surface area contributed by atoms with Crippen molar-refractivity contribution in [2.75, 3.05) is 30.1 Å². The van der Waals surface area contributed by atoms with Crippen LogP contribution in [0.15, 0.2) is 42.5 Å². The number of hydrogen-bond donors (Lipinski definition) is 2. The standard InChI is InChI=1S/C20H21N3O3S/c24-19(14-4-9-17-18(12-14)26-13-25-17)22-20(27)21-15-5-7-16(8-6-15)23-10-2-1-3-11-23/h4-9,12H,1-3,10-11,13H2,(H2,21,22,24,27). The molecule has 140 valence electrons. The fraction of sp³-hybridized carbons (Fsp3) is 0.300. The molecular formula is C20H21N3O3S. The van der Waals surface area contributed by atoms with Crippen LogP contribution >= 0.6 is 12.2 Å². The zero-order valence-electron chi connectivity index (χ0n) is 14.9. The summed E-state index contributed by atoms with van der Waals surface area (Å²) in [6.45, 7) is 2.39. The Labute approximate surface area is 163 Å². The van der Waals surface area contributed by atoms with E-state index >= 15 is 0 Å². The molecule has 0 spiro atoms. The summed E-state index contributed by atoms with van der Waals surface area (Å²) in [4.78, 5) is 14.8. The molecule has 0 radical (unpaired) electrons. The molecule has 2 aliphatic heterocycles. The molecular weight excluding hydrogens is 362 g/mol. The van der Waals surface area contributed by atoms with Crippen molar-refractivity contribution < 1.29 is 14.3 Å². The van der Waals surface area contributed by atoms with E-state index in [1.807, 2.05) is 12.1 Å². The molecule has 2 aliphatic rings. The Kier molecular flexibility index (Phi) is 5.11. The minimum atomic E-state index is -0.296. The fourth-order valence-electron chi connectivity index (χ4n) is 3.28. The van der Waals surface area contributed by atoms with Crippen LogP contribution in [0.25, 0.3) is 0 Å². The zero-order chi connectivity index (χ0) is 18.6. The summed E-state index contributed by atoms with van der Waals surface area (Å²) in [5.74, 6) is 0.909. The second-order valence-electron chi connectivity index (χ2n) is 6.57. The Morgan fingerprint density at radius 2 is 1.70 bits per heavy atom. The highest BCUT2D eigenvalue weighted by atomic mass is 32.1. The van der Waals surface area contributed by atoms with Gasteiger partial charge in [-0.3, -0.25) is 10.1 Å². The van der Waals surface area contributed by atoms with Gasteiger partial charge in [0, 0.05) is 30.0 Å². The van der Waals surface area contributed by atoms with Crippen molar-refractivity contribution in [2.24, 2.45) is 0 Å². The molecule has 0 unspecified atom stereocenters. The van der Waals surface area contributed by atoms with Crippen molar-refractivity contribution in [3.05, 3.63) is 48.0 Å². The van der Waals surface area contributed by atoms with Gasteiger partial charge in [0.2, 0.25) is 6.79 Å². The topological polar surface area (TPSA) is 62.8 Å². The summed E-state index contributed by atoms with van der Waals surface area (Å²) in [6, 6.07) is 13.2. The normalized spacial score (nSPS) is 15.3. The zero-order valence-corrected chi connectivity index (χ0v) is 15.7. The van der Waals surface area contributed by atoms with Gasteiger partial charge in [-0.1, -0.05) is 0 Å². The highest BCUT2D eigenvalue weighted by Crippen LogP contribution is 2.32. The summed E-state index contributed by atoms with van der Waals surface area (Å²) in [6.07, 6.45) is 3.80. The Morgan fingerprint density at radius 1 is 0.963 bits per heavy atom. The molecule has 0 aliphatic carbocycles. The number of rotatable bonds is 3. The first kappa shape index (κ1) is 17.6. The minimum absolute atomic E-state index is 0.174. The van der Waals surface area contributed by atoms with E-state index in [1.165, 1.54) is 24.9 Å². The van der Waals surface area contributed by atoms with Crippen molar-refractivity contribution in [3.63, 3.8) is 0 Å². The fourth-order valence-corrected chi connectivity index (χ4v) is 3.49. The summed E-state index contributed by atoms with van der Waals surface area (Å²) < 4.78 is 10.5. The first-order chi connectivity index (χ1) is 13.2. The van der Waals surface area contributed by atoms with Crippen molar-refractivity contribution in [1.82, 2.24) is 5.32 Å². The van der Waals surface area contributed by atoms with E-state index in [-0.39, 0.29) is 17.8 Å². The number of benzene rings is 2. The average Bonchev–Trinajstić information content (AvgIpc) is 3.17. The van der Waals surface area contributed by atoms with E-state index < -0.39 is 0 Å². The van der Waals surface area contributed by atoms with Gasteiger partial charge in [-0.2, -0.15) is 0 Å². The summed E-state index contributed by atoms with van der Waals surface area (Å²) in [5.41, 5.74) is 2.52. The Hall–Kier alpha value is -2.80. The molecule has 2 N–H and O–H groups in total. The molecule has 0 saturated carbocycles. The van der Waals surface area contributed by atoms with Crippen LogP contribution in [0, 0.1) is 0 Å². The molecule has 4 rings (SSSR count).